The summed E-state index contributed by atoms with van der Waals surface area (Å²) >= 11 is 0. The summed E-state index contributed by atoms with van der Waals surface area (Å²) in [6.45, 7) is 10.2. The average Bonchev–Trinajstić information content (AvgIpc) is 3.33. The maximum atomic E-state index is 13.6. The highest BCUT2D eigenvalue weighted by Crippen LogP contribution is 2.30. The number of hydrogen-bond acceptors (Lipinski definition) is 5. The largest absolute Gasteiger partial charge is 0.484 e. The van der Waals surface area contributed by atoms with Crippen LogP contribution in [0.4, 0.5) is 18.9 Å². The first kappa shape index (κ1) is 32.1. The molecule has 3 aromatic rings. The van der Waals surface area contributed by atoms with Crippen molar-refractivity contribution in [2.75, 3.05) is 37.7 Å². The lowest BCUT2D eigenvalue weighted by atomic mass is 10.0. The predicted octanol–water partition coefficient (Wildman–Crippen LogP) is 5.46. The van der Waals surface area contributed by atoms with E-state index in [1.54, 1.807) is 28.9 Å². The molecule has 0 N–H and O–H groups in total. The van der Waals surface area contributed by atoms with Gasteiger partial charge in [0.1, 0.15) is 5.75 Å². The molecule has 0 bridgehead atoms. The second kappa shape index (κ2) is 14.1. The topological polar surface area (TPSA) is 70.9 Å². The number of fused-ring (bicyclic) bond motifs is 1. The third-order valence-electron chi connectivity index (χ3n) is 7.74. The Morgan fingerprint density at radius 2 is 1.70 bits per heavy atom. The standard InChI is InChI=1S/C32H40F3N5O3/c1-23(2)37-15-9-16-39(30(42)22-43-27-12-6-5-7-13-27)31-24(3)10-8-11-26(31)21-38(19-18-37)29(41)14-17-40-25(4)20-28(36-40)32(33,34)35/h5-8,10-13,20,23H,9,14-19,21-22H2,1-4H3. The molecule has 1 aliphatic rings. The van der Waals surface area contributed by atoms with Crippen LogP contribution in [-0.2, 0) is 28.9 Å². The monoisotopic (exact) mass is 599 g/mol. The van der Waals surface area contributed by atoms with E-state index in [1.807, 2.05) is 43.3 Å². The molecule has 0 spiro atoms. The molecule has 2 heterocycles. The number of carbonyl (C=O) groups is 2. The van der Waals surface area contributed by atoms with Gasteiger partial charge in [0, 0.05) is 57.4 Å². The number of aryl methyl sites for hydroxylation is 3. The van der Waals surface area contributed by atoms with E-state index in [9.17, 15) is 22.8 Å². The van der Waals surface area contributed by atoms with Gasteiger partial charge in [-0.05, 0) is 63.4 Å². The van der Waals surface area contributed by atoms with Gasteiger partial charge in [-0.15, -0.1) is 0 Å². The van der Waals surface area contributed by atoms with Crippen molar-refractivity contribution < 1.29 is 27.5 Å². The van der Waals surface area contributed by atoms with Crippen molar-refractivity contribution in [1.82, 2.24) is 19.6 Å². The van der Waals surface area contributed by atoms with Crippen LogP contribution in [0.1, 0.15) is 49.2 Å². The first-order valence-electron chi connectivity index (χ1n) is 14.6. The number of halogens is 3. The van der Waals surface area contributed by atoms with Crippen LogP contribution in [-0.4, -0.2) is 70.2 Å². The Bertz CT molecular complexity index is 1390. The van der Waals surface area contributed by atoms with Crippen LogP contribution < -0.4 is 9.64 Å². The van der Waals surface area contributed by atoms with Crippen LogP contribution in [0.15, 0.2) is 54.6 Å². The van der Waals surface area contributed by atoms with Crippen LogP contribution in [0.3, 0.4) is 0 Å². The second-order valence-electron chi connectivity index (χ2n) is 11.2. The number of benzene rings is 2. The van der Waals surface area contributed by atoms with Crippen molar-refractivity contribution in [3.63, 3.8) is 0 Å². The molecule has 43 heavy (non-hydrogen) atoms. The van der Waals surface area contributed by atoms with Crippen LogP contribution >= 0.6 is 0 Å². The van der Waals surface area contributed by atoms with E-state index in [1.165, 1.54) is 4.68 Å². The Morgan fingerprint density at radius 1 is 0.953 bits per heavy atom. The number of alkyl halides is 3. The molecule has 2 amide bonds. The number of rotatable bonds is 7. The van der Waals surface area contributed by atoms with Crippen molar-refractivity contribution in [2.24, 2.45) is 0 Å². The Hall–Kier alpha value is -3.86. The summed E-state index contributed by atoms with van der Waals surface area (Å²) < 4.78 is 46.5. The fourth-order valence-corrected chi connectivity index (χ4v) is 5.38. The zero-order valence-corrected chi connectivity index (χ0v) is 25.2. The van der Waals surface area contributed by atoms with Gasteiger partial charge in [0.05, 0.1) is 5.69 Å². The third kappa shape index (κ3) is 8.37. The molecule has 0 saturated heterocycles. The Morgan fingerprint density at radius 3 is 2.37 bits per heavy atom. The van der Waals surface area contributed by atoms with Gasteiger partial charge >= 0.3 is 6.18 Å². The molecule has 1 aliphatic heterocycles. The van der Waals surface area contributed by atoms with Crippen LogP contribution in [0.25, 0.3) is 0 Å². The minimum atomic E-state index is -4.55. The van der Waals surface area contributed by atoms with Crippen molar-refractivity contribution in [3.05, 3.63) is 77.1 Å². The minimum absolute atomic E-state index is 0.00376. The molecule has 8 nitrogen and oxygen atoms in total. The molecule has 0 aliphatic carbocycles. The number of hydrogen-bond donors (Lipinski definition) is 0. The highest BCUT2D eigenvalue weighted by atomic mass is 19.4. The van der Waals surface area contributed by atoms with Gasteiger partial charge in [-0.3, -0.25) is 19.2 Å². The molecule has 11 heteroatoms. The number of para-hydroxylation sites is 2. The number of anilines is 1. The van der Waals surface area contributed by atoms with Gasteiger partial charge in [0.2, 0.25) is 5.91 Å². The van der Waals surface area contributed by atoms with Gasteiger partial charge in [0.15, 0.2) is 12.3 Å². The van der Waals surface area contributed by atoms with E-state index in [0.717, 1.165) is 35.8 Å². The molecule has 1 aromatic heterocycles. The first-order valence-corrected chi connectivity index (χ1v) is 14.6. The summed E-state index contributed by atoms with van der Waals surface area (Å²) in [7, 11) is 0. The van der Waals surface area contributed by atoms with E-state index in [4.69, 9.17) is 4.74 Å². The lowest BCUT2D eigenvalue weighted by Gasteiger charge is -2.30. The molecule has 0 unspecified atom stereocenters. The third-order valence-corrected chi connectivity index (χ3v) is 7.74. The predicted molar refractivity (Wildman–Crippen MR) is 159 cm³/mol. The SMILES string of the molecule is Cc1cccc2c1N(C(=O)COc1ccccc1)CCCN(C(C)C)CCN(C(=O)CCn1nc(C(F)(F)F)cc1C)C2. The molecule has 0 radical (unpaired) electrons. The highest BCUT2D eigenvalue weighted by Gasteiger charge is 2.34. The minimum Gasteiger partial charge on any atom is -0.484 e. The normalized spacial score (nSPS) is 15.3. The highest BCUT2D eigenvalue weighted by molar-refractivity contribution is 5.96. The van der Waals surface area contributed by atoms with Gasteiger partial charge in [-0.2, -0.15) is 18.3 Å². The van der Waals surface area contributed by atoms with Crippen molar-refractivity contribution in [1.29, 1.82) is 0 Å². The summed E-state index contributed by atoms with van der Waals surface area (Å²) in [5.74, 6) is 0.239. The maximum absolute atomic E-state index is 13.6. The van der Waals surface area contributed by atoms with E-state index in [2.05, 4.69) is 23.8 Å². The van der Waals surface area contributed by atoms with Crippen LogP contribution in [0.2, 0.25) is 0 Å². The molecule has 0 fully saturated rings. The molecule has 0 saturated carbocycles. The Labute approximate surface area is 251 Å². The smallest absolute Gasteiger partial charge is 0.435 e. The Kier molecular flexibility index (Phi) is 10.5. The van der Waals surface area contributed by atoms with E-state index < -0.39 is 11.9 Å². The van der Waals surface area contributed by atoms with E-state index in [0.29, 0.717) is 31.1 Å². The zero-order chi connectivity index (χ0) is 31.1. The Balaban J connectivity index is 1.59. The lowest BCUT2D eigenvalue weighted by Crippen LogP contribution is -2.41. The summed E-state index contributed by atoms with van der Waals surface area (Å²) in [5, 5.41) is 3.68. The van der Waals surface area contributed by atoms with Crippen LogP contribution in [0, 0.1) is 13.8 Å². The maximum Gasteiger partial charge on any atom is 0.435 e. The van der Waals surface area contributed by atoms with Gasteiger partial charge in [-0.1, -0.05) is 36.4 Å². The summed E-state index contributed by atoms with van der Waals surface area (Å²) in [5.41, 5.74) is 1.87. The second-order valence-corrected chi connectivity index (χ2v) is 11.2. The summed E-state index contributed by atoms with van der Waals surface area (Å²) in [6.07, 6.45) is -3.82. The number of ether oxygens (including phenoxy) is 1. The summed E-state index contributed by atoms with van der Waals surface area (Å²) in [6, 6.07) is 16.2. The quantitative estimate of drug-likeness (QED) is 0.361. The number of nitrogens with zero attached hydrogens (tertiary/aromatic N) is 5. The lowest BCUT2D eigenvalue weighted by molar-refractivity contribution is -0.141. The van der Waals surface area contributed by atoms with Gasteiger partial charge < -0.3 is 14.5 Å². The van der Waals surface area contributed by atoms with E-state index in [-0.39, 0.29) is 44.0 Å². The average molecular weight is 600 g/mol. The molecule has 2 aromatic carbocycles. The van der Waals surface area contributed by atoms with Gasteiger partial charge in [-0.25, -0.2) is 0 Å². The fourth-order valence-electron chi connectivity index (χ4n) is 5.38. The van der Waals surface area contributed by atoms with Crippen molar-refractivity contribution in [3.8, 4) is 5.75 Å². The van der Waals surface area contributed by atoms with Crippen LogP contribution in [0.5, 0.6) is 5.75 Å². The van der Waals surface area contributed by atoms with Gasteiger partial charge in [0.25, 0.3) is 5.91 Å². The van der Waals surface area contributed by atoms with Crippen molar-refractivity contribution in [2.45, 2.75) is 65.8 Å². The fraction of sp³-hybridized carbons (Fsp3) is 0.469. The molecule has 4 rings (SSSR count). The summed E-state index contributed by atoms with van der Waals surface area (Å²) in [4.78, 5) is 33.1. The zero-order valence-electron chi connectivity index (χ0n) is 25.2. The first-order chi connectivity index (χ1) is 20.4. The number of carbonyl (C=O) groups excluding carboxylic acids is 2. The number of amides is 2. The molecular weight excluding hydrogens is 559 g/mol. The molecule has 232 valence electrons. The molecule has 0 atom stereocenters. The number of aromatic nitrogens is 2. The van der Waals surface area contributed by atoms with E-state index >= 15 is 0 Å². The molecular formula is C32H40F3N5O3. The van der Waals surface area contributed by atoms with Crippen molar-refractivity contribution >= 4 is 17.5 Å².